The molecule has 11 heteroatoms. The zero-order valence-electron chi connectivity index (χ0n) is 17.4. The summed E-state index contributed by atoms with van der Waals surface area (Å²) >= 11 is 1.32. The number of hydrogen-bond acceptors (Lipinski definition) is 10. The first-order valence-corrected chi connectivity index (χ1v) is 10.5. The van der Waals surface area contributed by atoms with Gasteiger partial charge < -0.3 is 23.5 Å². The van der Waals surface area contributed by atoms with Gasteiger partial charge in [0.1, 0.15) is 11.5 Å². The van der Waals surface area contributed by atoms with E-state index in [9.17, 15) is 4.79 Å². The molecule has 1 aliphatic heterocycles. The molecule has 0 N–H and O–H groups in total. The molecule has 0 radical (unpaired) electrons. The number of ether oxygens (including phenoxy) is 4. The van der Waals surface area contributed by atoms with Crippen LogP contribution in [0.2, 0.25) is 0 Å². The molecule has 5 rings (SSSR count). The SMILES string of the molecule is COc1ccc(-c2noc(CSc3nc4cc5c(cc4c(=O)n3C)OCO5)n2)c(OC)c1. The van der Waals surface area contributed by atoms with Crippen LogP contribution >= 0.6 is 11.8 Å². The third-order valence-corrected chi connectivity index (χ3v) is 5.99. The van der Waals surface area contributed by atoms with Crippen molar-refractivity contribution in [2.45, 2.75) is 10.9 Å². The van der Waals surface area contributed by atoms with Crippen LogP contribution in [0.4, 0.5) is 0 Å². The molecule has 0 aliphatic carbocycles. The third-order valence-electron chi connectivity index (χ3n) is 4.97. The van der Waals surface area contributed by atoms with Crippen LogP contribution in [0.25, 0.3) is 22.3 Å². The van der Waals surface area contributed by atoms with Gasteiger partial charge in [-0.3, -0.25) is 9.36 Å². The first-order valence-electron chi connectivity index (χ1n) is 9.55. The van der Waals surface area contributed by atoms with Gasteiger partial charge in [-0.1, -0.05) is 16.9 Å². The van der Waals surface area contributed by atoms with Gasteiger partial charge in [0.25, 0.3) is 5.56 Å². The van der Waals surface area contributed by atoms with Crippen molar-refractivity contribution >= 4 is 22.7 Å². The summed E-state index contributed by atoms with van der Waals surface area (Å²) in [4.78, 5) is 21.9. The van der Waals surface area contributed by atoms with Gasteiger partial charge in [0.2, 0.25) is 18.5 Å². The Labute approximate surface area is 186 Å². The van der Waals surface area contributed by atoms with Gasteiger partial charge in [-0.25, -0.2) is 4.98 Å². The Hall–Kier alpha value is -3.73. The van der Waals surface area contributed by atoms with Gasteiger partial charge in [-0.05, 0) is 18.2 Å². The Morgan fingerprint density at radius 2 is 1.91 bits per heavy atom. The van der Waals surface area contributed by atoms with Gasteiger partial charge in [0, 0.05) is 19.2 Å². The fourth-order valence-corrected chi connectivity index (χ4v) is 4.11. The summed E-state index contributed by atoms with van der Waals surface area (Å²) in [6, 6.07) is 8.72. The lowest BCUT2D eigenvalue weighted by Gasteiger charge is -2.08. The predicted molar refractivity (Wildman–Crippen MR) is 116 cm³/mol. The normalized spacial score (nSPS) is 12.3. The van der Waals surface area contributed by atoms with E-state index in [1.54, 1.807) is 51.6 Å². The molecule has 10 nitrogen and oxygen atoms in total. The molecule has 0 bridgehead atoms. The van der Waals surface area contributed by atoms with Crippen molar-refractivity contribution in [1.82, 2.24) is 19.7 Å². The highest BCUT2D eigenvalue weighted by Gasteiger charge is 2.19. The number of aromatic nitrogens is 4. The van der Waals surface area contributed by atoms with E-state index < -0.39 is 0 Å². The maximum absolute atomic E-state index is 12.8. The summed E-state index contributed by atoms with van der Waals surface area (Å²) < 4.78 is 28.3. The first-order chi connectivity index (χ1) is 15.6. The van der Waals surface area contributed by atoms with Gasteiger partial charge in [0.15, 0.2) is 16.7 Å². The third kappa shape index (κ3) is 3.50. The van der Waals surface area contributed by atoms with Crippen LogP contribution in [0.15, 0.2) is 44.8 Å². The fourth-order valence-electron chi connectivity index (χ4n) is 3.30. The minimum atomic E-state index is -0.176. The topological polar surface area (TPSA) is 111 Å². The predicted octanol–water partition coefficient (Wildman–Crippen LogP) is 3.02. The molecular weight excluding hydrogens is 436 g/mol. The average Bonchev–Trinajstić information content (AvgIpc) is 3.48. The van der Waals surface area contributed by atoms with Crippen LogP contribution in [0.1, 0.15) is 5.89 Å². The van der Waals surface area contributed by atoms with E-state index in [0.29, 0.717) is 62.1 Å². The number of nitrogens with zero attached hydrogens (tertiary/aromatic N) is 4. The Bertz CT molecular complexity index is 1380. The van der Waals surface area contributed by atoms with E-state index in [1.165, 1.54) is 16.3 Å². The Morgan fingerprint density at radius 3 is 2.69 bits per heavy atom. The molecule has 0 spiro atoms. The number of rotatable bonds is 6. The average molecular weight is 454 g/mol. The Kier molecular flexibility index (Phi) is 5.10. The zero-order valence-corrected chi connectivity index (χ0v) is 18.3. The molecule has 164 valence electrons. The summed E-state index contributed by atoms with van der Waals surface area (Å²) in [5.41, 5.74) is 1.04. The summed E-state index contributed by atoms with van der Waals surface area (Å²) in [7, 11) is 4.82. The van der Waals surface area contributed by atoms with E-state index in [0.717, 1.165) is 0 Å². The lowest BCUT2D eigenvalue weighted by atomic mass is 10.2. The second-order valence-corrected chi connectivity index (χ2v) is 7.79. The number of methoxy groups -OCH3 is 2. The molecule has 32 heavy (non-hydrogen) atoms. The van der Waals surface area contributed by atoms with Gasteiger partial charge in [-0.15, -0.1) is 0 Å². The molecule has 4 aromatic rings. The van der Waals surface area contributed by atoms with Crippen molar-refractivity contribution < 1.29 is 23.5 Å². The number of thioether (sulfide) groups is 1. The minimum Gasteiger partial charge on any atom is -0.497 e. The number of hydrogen-bond donors (Lipinski definition) is 0. The molecule has 0 unspecified atom stereocenters. The smallest absolute Gasteiger partial charge is 0.261 e. The molecule has 0 saturated heterocycles. The lowest BCUT2D eigenvalue weighted by molar-refractivity contribution is 0.174. The summed E-state index contributed by atoms with van der Waals surface area (Å²) in [6.07, 6.45) is 0. The van der Waals surface area contributed by atoms with Gasteiger partial charge in [0.05, 0.1) is 36.4 Å². The summed E-state index contributed by atoms with van der Waals surface area (Å²) in [6.45, 7) is 0.131. The van der Waals surface area contributed by atoms with Crippen LogP contribution in [-0.2, 0) is 12.8 Å². The first kappa shape index (κ1) is 20.2. The minimum absolute atomic E-state index is 0.131. The monoisotopic (exact) mass is 454 g/mol. The van der Waals surface area contributed by atoms with Crippen molar-refractivity contribution in [1.29, 1.82) is 0 Å². The van der Waals surface area contributed by atoms with Crippen molar-refractivity contribution in [2.75, 3.05) is 21.0 Å². The molecule has 0 fully saturated rings. The Morgan fingerprint density at radius 1 is 1.09 bits per heavy atom. The molecule has 1 aliphatic rings. The Balaban J connectivity index is 1.40. The van der Waals surface area contributed by atoms with Gasteiger partial charge >= 0.3 is 0 Å². The van der Waals surface area contributed by atoms with Crippen molar-refractivity contribution in [2.24, 2.45) is 7.05 Å². The number of fused-ring (bicyclic) bond motifs is 2. The maximum atomic E-state index is 12.8. The molecule has 0 amide bonds. The van der Waals surface area contributed by atoms with Crippen LogP contribution in [-0.4, -0.2) is 40.7 Å². The van der Waals surface area contributed by atoms with Crippen molar-refractivity contribution in [3.8, 4) is 34.4 Å². The second-order valence-electron chi connectivity index (χ2n) is 6.85. The molecule has 2 aromatic heterocycles. The fraction of sp³-hybridized carbons (Fsp3) is 0.238. The van der Waals surface area contributed by atoms with Crippen LogP contribution in [0, 0.1) is 0 Å². The highest BCUT2D eigenvalue weighted by molar-refractivity contribution is 7.98. The highest BCUT2D eigenvalue weighted by atomic mass is 32.2. The lowest BCUT2D eigenvalue weighted by Crippen LogP contribution is -2.20. The van der Waals surface area contributed by atoms with E-state index in [4.69, 9.17) is 23.5 Å². The zero-order chi connectivity index (χ0) is 22.2. The standard InChI is InChI=1S/C21H18N4O6S/c1-25-20(26)13-7-16-17(30-10-29-16)8-14(13)22-21(25)32-9-18-23-19(24-31-18)12-5-4-11(27-2)6-15(12)28-3/h4-8H,9-10H2,1-3H3. The summed E-state index contributed by atoms with van der Waals surface area (Å²) in [5.74, 6) is 3.48. The van der Waals surface area contributed by atoms with E-state index >= 15 is 0 Å². The van der Waals surface area contributed by atoms with E-state index in [1.807, 2.05) is 0 Å². The molecular formula is C21H18N4O6S. The molecule has 3 heterocycles. The maximum Gasteiger partial charge on any atom is 0.261 e. The summed E-state index contributed by atoms with van der Waals surface area (Å²) in [5, 5.41) is 5.03. The molecule has 0 atom stereocenters. The van der Waals surface area contributed by atoms with E-state index in [2.05, 4.69) is 15.1 Å². The van der Waals surface area contributed by atoms with Crippen LogP contribution in [0.5, 0.6) is 23.0 Å². The van der Waals surface area contributed by atoms with Crippen molar-refractivity contribution in [3.05, 3.63) is 46.6 Å². The molecule has 0 saturated carbocycles. The highest BCUT2D eigenvalue weighted by Crippen LogP contribution is 2.35. The number of benzene rings is 2. The largest absolute Gasteiger partial charge is 0.497 e. The van der Waals surface area contributed by atoms with Crippen LogP contribution < -0.4 is 24.5 Å². The van der Waals surface area contributed by atoms with E-state index in [-0.39, 0.29) is 12.4 Å². The quantitative estimate of drug-likeness (QED) is 0.318. The van der Waals surface area contributed by atoms with Crippen LogP contribution in [0.3, 0.4) is 0 Å². The second kappa shape index (κ2) is 8.08. The van der Waals surface area contributed by atoms with Gasteiger partial charge in [-0.2, -0.15) is 4.98 Å². The molecule has 2 aromatic carbocycles. The van der Waals surface area contributed by atoms with Crippen molar-refractivity contribution in [3.63, 3.8) is 0 Å².